The van der Waals surface area contributed by atoms with E-state index in [0.717, 1.165) is 6.07 Å². The number of benzene rings is 1. The lowest BCUT2D eigenvalue weighted by Crippen LogP contribution is -2.39. The molecular formula is C12H15F2NO. The van der Waals surface area contributed by atoms with Gasteiger partial charge in [0.1, 0.15) is 23.0 Å². The van der Waals surface area contributed by atoms with E-state index in [-0.39, 0.29) is 6.04 Å². The van der Waals surface area contributed by atoms with Gasteiger partial charge in [0, 0.05) is 30.2 Å². The van der Waals surface area contributed by atoms with Crippen LogP contribution in [-0.2, 0) is 0 Å². The first-order chi connectivity index (χ1) is 7.43. The second kappa shape index (κ2) is 3.70. The third-order valence-electron chi connectivity index (χ3n) is 2.84. The van der Waals surface area contributed by atoms with E-state index >= 15 is 0 Å². The Balaban J connectivity index is 2.54. The number of nitrogens with one attached hydrogen (secondary N) is 1. The monoisotopic (exact) mass is 227 g/mol. The van der Waals surface area contributed by atoms with Crippen LogP contribution >= 0.6 is 0 Å². The van der Waals surface area contributed by atoms with Gasteiger partial charge in [-0.3, -0.25) is 0 Å². The van der Waals surface area contributed by atoms with Crippen LogP contribution in [0.5, 0.6) is 5.75 Å². The molecule has 0 aliphatic carbocycles. The molecule has 0 spiro atoms. The summed E-state index contributed by atoms with van der Waals surface area (Å²) in [6.45, 7) is 3.81. The van der Waals surface area contributed by atoms with Crippen LogP contribution in [0.4, 0.5) is 8.78 Å². The van der Waals surface area contributed by atoms with Gasteiger partial charge in [0.25, 0.3) is 0 Å². The highest BCUT2D eigenvalue weighted by atomic mass is 19.1. The van der Waals surface area contributed by atoms with Gasteiger partial charge in [0.2, 0.25) is 0 Å². The van der Waals surface area contributed by atoms with Crippen LogP contribution in [-0.4, -0.2) is 12.6 Å². The first-order valence-corrected chi connectivity index (χ1v) is 5.28. The number of fused-ring (bicyclic) bond motifs is 1. The third kappa shape index (κ3) is 1.89. The van der Waals surface area contributed by atoms with Crippen LogP contribution in [0.3, 0.4) is 0 Å². The van der Waals surface area contributed by atoms with Gasteiger partial charge in [0.15, 0.2) is 0 Å². The normalized spacial score (nSPS) is 22.4. The van der Waals surface area contributed by atoms with Crippen LogP contribution in [0.1, 0.15) is 31.9 Å². The Bertz CT molecular complexity index is 418. The van der Waals surface area contributed by atoms with Crippen molar-refractivity contribution in [2.75, 3.05) is 7.05 Å². The van der Waals surface area contributed by atoms with Gasteiger partial charge in [-0.05, 0) is 20.9 Å². The van der Waals surface area contributed by atoms with E-state index in [4.69, 9.17) is 4.74 Å². The summed E-state index contributed by atoms with van der Waals surface area (Å²) in [7, 11) is 1.76. The molecule has 1 atom stereocenters. The quantitative estimate of drug-likeness (QED) is 0.796. The lowest BCUT2D eigenvalue weighted by Gasteiger charge is -2.37. The Morgan fingerprint density at radius 3 is 2.69 bits per heavy atom. The molecule has 0 radical (unpaired) electrons. The summed E-state index contributed by atoms with van der Waals surface area (Å²) in [6, 6.07) is 1.99. The molecule has 2 nitrogen and oxygen atoms in total. The summed E-state index contributed by atoms with van der Waals surface area (Å²) in [4.78, 5) is 0. The van der Waals surface area contributed by atoms with Crippen LogP contribution in [0.15, 0.2) is 12.1 Å². The molecule has 1 aromatic carbocycles. The van der Waals surface area contributed by atoms with Crippen LogP contribution in [0, 0.1) is 11.6 Å². The Hall–Kier alpha value is -1.16. The van der Waals surface area contributed by atoms with E-state index in [2.05, 4.69) is 5.32 Å². The van der Waals surface area contributed by atoms with Gasteiger partial charge in [0.05, 0.1) is 0 Å². The zero-order valence-electron chi connectivity index (χ0n) is 9.60. The molecular weight excluding hydrogens is 212 g/mol. The minimum Gasteiger partial charge on any atom is -0.487 e. The van der Waals surface area contributed by atoms with Crippen molar-refractivity contribution in [3.63, 3.8) is 0 Å². The van der Waals surface area contributed by atoms with Crippen LogP contribution < -0.4 is 10.1 Å². The molecule has 1 aromatic rings. The molecule has 4 heteroatoms. The van der Waals surface area contributed by atoms with Crippen LogP contribution in [0.2, 0.25) is 0 Å². The van der Waals surface area contributed by atoms with Crippen molar-refractivity contribution in [1.29, 1.82) is 0 Å². The molecule has 1 heterocycles. The van der Waals surface area contributed by atoms with Gasteiger partial charge in [-0.25, -0.2) is 8.78 Å². The molecule has 1 unspecified atom stereocenters. The van der Waals surface area contributed by atoms with Crippen molar-refractivity contribution in [3.8, 4) is 5.75 Å². The number of ether oxygens (including phenoxy) is 1. The van der Waals surface area contributed by atoms with Crippen molar-refractivity contribution < 1.29 is 13.5 Å². The Morgan fingerprint density at radius 2 is 2.06 bits per heavy atom. The maximum Gasteiger partial charge on any atom is 0.134 e. The average Bonchev–Trinajstić information content (AvgIpc) is 2.13. The molecule has 88 valence electrons. The summed E-state index contributed by atoms with van der Waals surface area (Å²) in [5.41, 5.74) is 0.00389. The maximum atomic E-state index is 13.7. The molecule has 0 amide bonds. The molecule has 0 aromatic heterocycles. The van der Waals surface area contributed by atoms with Crippen molar-refractivity contribution in [3.05, 3.63) is 29.3 Å². The zero-order chi connectivity index (χ0) is 11.9. The largest absolute Gasteiger partial charge is 0.487 e. The van der Waals surface area contributed by atoms with E-state index in [1.807, 2.05) is 13.8 Å². The highest BCUT2D eigenvalue weighted by molar-refractivity contribution is 5.40. The Kier molecular flexibility index (Phi) is 2.62. The molecule has 0 bridgehead atoms. The second-order valence-electron chi connectivity index (χ2n) is 4.71. The number of hydrogen-bond donors (Lipinski definition) is 1. The summed E-state index contributed by atoms with van der Waals surface area (Å²) in [5.74, 6) is -0.859. The Morgan fingerprint density at radius 1 is 1.38 bits per heavy atom. The third-order valence-corrected chi connectivity index (χ3v) is 2.84. The smallest absolute Gasteiger partial charge is 0.134 e. The van der Waals surface area contributed by atoms with Crippen molar-refractivity contribution in [2.24, 2.45) is 0 Å². The first kappa shape index (κ1) is 11.3. The van der Waals surface area contributed by atoms with E-state index < -0.39 is 17.2 Å². The van der Waals surface area contributed by atoms with E-state index in [0.29, 0.717) is 17.7 Å². The molecule has 0 saturated heterocycles. The van der Waals surface area contributed by atoms with Gasteiger partial charge in [-0.2, -0.15) is 0 Å². The minimum atomic E-state index is -0.608. The number of halogens is 2. The van der Waals surface area contributed by atoms with Crippen molar-refractivity contribution in [1.82, 2.24) is 5.32 Å². The van der Waals surface area contributed by atoms with E-state index in [9.17, 15) is 8.78 Å². The summed E-state index contributed by atoms with van der Waals surface area (Å²) >= 11 is 0. The fourth-order valence-corrected chi connectivity index (χ4v) is 2.16. The van der Waals surface area contributed by atoms with Gasteiger partial charge < -0.3 is 10.1 Å². The highest BCUT2D eigenvalue weighted by Crippen LogP contribution is 2.40. The number of hydrogen-bond acceptors (Lipinski definition) is 2. The van der Waals surface area contributed by atoms with Crippen molar-refractivity contribution >= 4 is 0 Å². The number of rotatable bonds is 1. The highest BCUT2D eigenvalue weighted by Gasteiger charge is 2.35. The molecule has 1 aliphatic heterocycles. The summed E-state index contributed by atoms with van der Waals surface area (Å²) < 4.78 is 32.4. The molecule has 16 heavy (non-hydrogen) atoms. The molecule has 1 aliphatic rings. The van der Waals surface area contributed by atoms with Gasteiger partial charge in [-0.1, -0.05) is 0 Å². The fraction of sp³-hybridized carbons (Fsp3) is 0.500. The average molecular weight is 227 g/mol. The molecule has 1 N–H and O–H groups in total. The van der Waals surface area contributed by atoms with E-state index in [1.54, 1.807) is 7.05 Å². The molecule has 0 saturated carbocycles. The van der Waals surface area contributed by atoms with Crippen molar-refractivity contribution in [2.45, 2.75) is 31.9 Å². The minimum absolute atomic E-state index is 0.139. The molecule has 0 fully saturated rings. The Labute approximate surface area is 93.6 Å². The fourth-order valence-electron chi connectivity index (χ4n) is 2.16. The maximum absolute atomic E-state index is 13.7. The van der Waals surface area contributed by atoms with E-state index in [1.165, 1.54) is 6.07 Å². The summed E-state index contributed by atoms with van der Waals surface area (Å²) in [6.07, 6.45) is 0.652. The van der Waals surface area contributed by atoms with Gasteiger partial charge in [-0.15, -0.1) is 0 Å². The summed E-state index contributed by atoms with van der Waals surface area (Å²) in [5, 5.41) is 3.03. The zero-order valence-corrected chi connectivity index (χ0v) is 9.60. The lowest BCUT2D eigenvalue weighted by molar-refractivity contribution is 0.0652. The van der Waals surface area contributed by atoms with Crippen LogP contribution in [0.25, 0.3) is 0 Å². The molecule has 2 rings (SSSR count). The topological polar surface area (TPSA) is 21.3 Å². The SMILES string of the molecule is CNC1CC(C)(C)Oc2cc(F)cc(F)c21. The predicted octanol–water partition coefficient (Wildman–Crippen LogP) is 2.79. The standard InChI is InChI=1S/C12H15F2NO/c1-12(2)6-9(15-3)11-8(14)4-7(13)5-10(11)16-12/h4-5,9,15H,6H2,1-3H3. The second-order valence-corrected chi connectivity index (χ2v) is 4.71. The lowest BCUT2D eigenvalue weighted by atomic mass is 9.89. The first-order valence-electron chi connectivity index (χ1n) is 5.28. The van der Waals surface area contributed by atoms with Gasteiger partial charge >= 0.3 is 0 Å². The predicted molar refractivity (Wildman–Crippen MR) is 57.5 cm³/mol.